The van der Waals surface area contributed by atoms with Crippen LogP contribution in [0.25, 0.3) is 11.4 Å². The summed E-state index contributed by atoms with van der Waals surface area (Å²) in [6.45, 7) is 1.87. The van der Waals surface area contributed by atoms with Gasteiger partial charge in [0, 0.05) is 11.3 Å². The van der Waals surface area contributed by atoms with Crippen molar-refractivity contribution in [2.24, 2.45) is 0 Å². The van der Waals surface area contributed by atoms with E-state index in [1.165, 1.54) is 37.4 Å². The highest BCUT2D eigenvalue weighted by atomic mass is 19.3. The molecule has 1 aromatic heterocycles. The smallest absolute Gasteiger partial charge is 0.412 e. The molecule has 0 spiro atoms. The van der Waals surface area contributed by atoms with E-state index in [2.05, 4.69) is 20.2 Å². The normalized spacial score (nSPS) is 11.2. The molecule has 35 heavy (non-hydrogen) atoms. The quantitative estimate of drug-likeness (QED) is 0.431. The third-order valence-electron chi connectivity index (χ3n) is 4.18. The third kappa shape index (κ3) is 7.39. The molecule has 0 bridgehead atoms. The van der Waals surface area contributed by atoms with Gasteiger partial charge in [-0.05, 0) is 57.2 Å². The number of ether oxygens (including phenoxy) is 4. The van der Waals surface area contributed by atoms with E-state index < -0.39 is 24.3 Å². The van der Waals surface area contributed by atoms with Gasteiger partial charge in [-0.1, -0.05) is 11.2 Å². The Kier molecular flexibility index (Phi) is 7.84. The molecular weight excluding hydrogens is 468 g/mol. The van der Waals surface area contributed by atoms with E-state index in [-0.39, 0.29) is 35.4 Å². The summed E-state index contributed by atoms with van der Waals surface area (Å²) in [6, 6.07) is 10.2. The molecule has 3 rings (SSSR count). The Labute approximate surface area is 199 Å². The summed E-state index contributed by atoms with van der Waals surface area (Å²) in [6.07, 6.45) is -0.660. The van der Waals surface area contributed by atoms with Crippen molar-refractivity contribution in [2.45, 2.75) is 39.6 Å². The van der Waals surface area contributed by atoms with E-state index in [1.807, 2.05) is 0 Å². The van der Waals surface area contributed by atoms with Gasteiger partial charge in [-0.2, -0.15) is 13.8 Å². The maximum absolute atomic E-state index is 12.5. The highest BCUT2D eigenvalue weighted by Gasteiger charge is 2.18. The van der Waals surface area contributed by atoms with Crippen LogP contribution >= 0.6 is 0 Å². The fourth-order valence-electron chi connectivity index (χ4n) is 2.79. The van der Waals surface area contributed by atoms with Gasteiger partial charge in [-0.3, -0.25) is 5.32 Å². The Morgan fingerprint density at radius 2 is 1.89 bits per heavy atom. The van der Waals surface area contributed by atoms with Gasteiger partial charge >= 0.3 is 18.7 Å². The first-order valence-corrected chi connectivity index (χ1v) is 10.3. The minimum Gasteiger partial charge on any atom is -0.493 e. The fourth-order valence-corrected chi connectivity index (χ4v) is 2.79. The van der Waals surface area contributed by atoms with Gasteiger partial charge in [-0.15, -0.1) is 0 Å². The largest absolute Gasteiger partial charge is 0.493 e. The molecule has 3 aromatic rings. The number of aromatic nitrogens is 2. The third-order valence-corrected chi connectivity index (χ3v) is 4.18. The van der Waals surface area contributed by atoms with Crippen molar-refractivity contribution in [3.8, 4) is 22.9 Å². The maximum Gasteiger partial charge on any atom is 0.412 e. The number of halogens is 2. The van der Waals surface area contributed by atoms with Crippen LogP contribution in [0, 0.1) is 0 Å². The SMILES string of the molecule is COc1cc(-c2noc(COC(=O)c3cccc(NC(=O)OC(C)(C)C)c3)n2)ccc1OC(F)F. The summed E-state index contributed by atoms with van der Waals surface area (Å²) < 4.78 is 49.9. The van der Waals surface area contributed by atoms with Crippen molar-refractivity contribution in [1.82, 2.24) is 10.1 Å². The van der Waals surface area contributed by atoms with Crippen LogP contribution in [0.3, 0.4) is 0 Å². The molecule has 0 fully saturated rings. The molecule has 0 saturated carbocycles. The van der Waals surface area contributed by atoms with Crippen molar-refractivity contribution in [1.29, 1.82) is 0 Å². The molecule has 1 amide bonds. The number of amides is 1. The molecule has 12 heteroatoms. The number of benzene rings is 2. The number of carbonyl (C=O) groups is 2. The van der Waals surface area contributed by atoms with Crippen LogP contribution in [-0.2, 0) is 16.1 Å². The van der Waals surface area contributed by atoms with Crippen LogP contribution in [0.4, 0.5) is 19.3 Å². The lowest BCUT2D eigenvalue weighted by Gasteiger charge is -2.19. The van der Waals surface area contributed by atoms with Crippen LogP contribution in [0.1, 0.15) is 37.0 Å². The van der Waals surface area contributed by atoms with Crippen molar-refractivity contribution < 1.29 is 41.8 Å². The molecule has 10 nitrogen and oxygen atoms in total. The van der Waals surface area contributed by atoms with Crippen molar-refractivity contribution in [3.05, 3.63) is 53.9 Å². The first kappa shape index (κ1) is 25.4. The molecule has 0 aliphatic carbocycles. The Hall–Kier alpha value is -4.22. The van der Waals surface area contributed by atoms with Crippen LogP contribution in [0.5, 0.6) is 11.5 Å². The van der Waals surface area contributed by atoms with Crippen LogP contribution in [-0.4, -0.2) is 41.5 Å². The van der Waals surface area contributed by atoms with E-state index in [0.29, 0.717) is 11.3 Å². The van der Waals surface area contributed by atoms with Gasteiger partial charge in [0.05, 0.1) is 12.7 Å². The number of carbonyl (C=O) groups excluding carboxylic acids is 2. The molecule has 1 N–H and O–H groups in total. The lowest BCUT2D eigenvalue weighted by Crippen LogP contribution is -2.27. The zero-order chi connectivity index (χ0) is 25.6. The van der Waals surface area contributed by atoms with Gasteiger partial charge in [0.15, 0.2) is 18.1 Å². The summed E-state index contributed by atoms with van der Waals surface area (Å²) >= 11 is 0. The molecular formula is C23H23F2N3O7. The number of alkyl halides is 2. The number of hydrogen-bond acceptors (Lipinski definition) is 9. The predicted octanol–water partition coefficient (Wildman–Crippen LogP) is 5.05. The number of rotatable bonds is 8. The monoisotopic (exact) mass is 491 g/mol. The Morgan fingerprint density at radius 1 is 1.11 bits per heavy atom. The second kappa shape index (κ2) is 10.8. The average Bonchev–Trinajstić information content (AvgIpc) is 3.25. The number of nitrogens with one attached hydrogen (secondary N) is 1. The number of hydrogen-bond donors (Lipinski definition) is 1. The Balaban J connectivity index is 1.62. The van der Waals surface area contributed by atoms with Crippen molar-refractivity contribution in [2.75, 3.05) is 12.4 Å². The predicted molar refractivity (Wildman–Crippen MR) is 118 cm³/mol. The van der Waals surface area contributed by atoms with Gasteiger partial charge in [0.2, 0.25) is 5.82 Å². The lowest BCUT2D eigenvalue weighted by atomic mass is 10.2. The molecule has 186 valence electrons. The zero-order valence-electron chi connectivity index (χ0n) is 19.3. The summed E-state index contributed by atoms with van der Waals surface area (Å²) in [7, 11) is 1.30. The summed E-state index contributed by atoms with van der Waals surface area (Å²) in [5.41, 5.74) is 0.265. The highest BCUT2D eigenvalue weighted by molar-refractivity contribution is 5.92. The van der Waals surface area contributed by atoms with E-state index in [4.69, 9.17) is 18.7 Å². The van der Waals surface area contributed by atoms with Crippen molar-refractivity contribution in [3.63, 3.8) is 0 Å². The molecule has 1 heterocycles. The van der Waals surface area contributed by atoms with Crippen LogP contribution < -0.4 is 14.8 Å². The first-order chi connectivity index (χ1) is 16.5. The van der Waals surface area contributed by atoms with E-state index in [9.17, 15) is 18.4 Å². The summed E-state index contributed by atoms with van der Waals surface area (Å²) in [5.74, 6) is -0.648. The summed E-state index contributed by atoms with van der Waals surface area (Å²) in [5, 5.41) is 6.34. The number of nitrogens with zero attached hydrogens (tertiary/aromatic N) is 2. The standard InChI is InChI=1S/C23H23F2N3O7/c1-23(2,3)34-22(30)26-15-7-5-6-14(10-15)20(29)32-12-18-27-19(28-35-18)13-8-9-16(33-21(24)25)17(11-13)31-4/h5-11,21H,12H2,1-4H3,(H,26,30). The van der Waals surface area contributed by atoms with Gasteiger partial charge < -0.3 is 23.5 Å². The zero-order valence-corrected chi connectivity index (χ0v) is 19.3. The molecule has 0 unspecified atom stereocenters. The molecule has 0 aliphatic rings. The molecule has 0 radical (unpaired) electrons. The Bertz CT molecular complexity index is 1190. The number of methoxy groups -OCH3 is 1. The minimum absolute atomic E-state index is 0.00302. The fraction of sp³-hybridized carbons (Fsp3) is 0.304. The second-order valence-corrected chi connectivity index (χ2v) is 8.04. The molecule has 0 atom stereocenters. The van der Waals surface area contributed by atoms with E-state index in [0.717, 1.165) is 0 Å². The van der Waals surface area contributed by atoms with Gasteiger partial charge in [0.1, 0.15) is 5.60 Å². The first-order valence-electron chi connectivity index (χ1n) is 10.3. The van der Waals surface area contributed by atoms with E-state index >= 15 is 0 Å². The highest BCUT2D eigenvalue weighted by Crippen LogP contribution is 2.32. The average molecular weight is 491 g/mol. The number of esters is 1. The van der Waals surface area contributed by atoms with Gasteiger partial charge in [-0.25, -0.2) is 9.59 Å². The molecule has 2 aromatic carbocycles. The topological polar surface area (TPSA) is 122 Å². The Morgan fingerprint density at radius 3 is 2.57 bits per heavy atom. The second-order valence-electron chi connectivity index (χ2n) is 8.04. The van der Waals surface area contributed by atoms with Crippen molar-refractivity contribution >= 4 is 17.7 Å². The van der Waals surface area contributed by atoms with Gasteiger partial charge in [0.25, 0.3) is 5.89 Å². The summed E-state index contributed by atoms with van der Waals surface area (Å²) in [4.78, 5) is 28.5. The molecule has 0 saturated heterocycles. The molecule has 0 aliphatic heterocycles. The minimum atomic E-state index is -3.00. The number of anilines is 1. The van der Waals surface area contributed by atoms with Crippen LogP contribution in [0.15, 0.2) is 47.0 Å². The maximum atomic E-state index is 12.5. The van der Waals surface area contributed by atoms with Crippen LogP contribution in [0.2, 0.25) is 0 Å². The van der Waals surface area contributed by atoms with E-state index in [1.54, 1.807) is 32.9 Å². The lowest BCUT2D eigenvalue weighted by molar-refractivity contribution is -0.0512.